The predicted octanol–water partition coefficient (Wildman–Crippen LogP) is 3.34. The molecule has 1 aromatic rings. The van der Waals surface area contributed by atoms with Gasteiger partial charge in [0.2, 0.25) is 10.0 Å². The van der Waals surface area contributed by atoms with Gasteiger partial charge in [-0.1, -0.05) is 6.42 Å². The lowest BCUT2D eigenvalue weighted by molar-refractivity contribution is -0.137. The maximum absolute atomic E-state index is 12.7. The minimum atomic E-state index is -4.46. The molecule has 0 radical (unpaired) electrons. The summed E-state index contributed by atoms with van der Waals surface area (Å²) in [4.78, 5) is 2.38. The van der Waals surface area contributed by atoms with E-state index >= 15 is 0 Å². The van der Waals surface area contributed by atoms with Crippen molar-refractivity contribution in [2.24, 2.45) is 0 Å². The number of hydrogen-bond donors (Lipinski definition) is 0. The SMILES string of the molecule is O=S(=O)(c1ccc(C(F)(F)F)cc1)N1CCC(N2CCCCC2)CC1. The minimum Gasteiger partial charge on any atom is -0.300 e. The summed E-state index contributed by atoms with van der Waals surface area (Å²) in [5.74, 6) is 0. The topological polar surface area (TPSA) is 40.6 Å². The minimum absolute atomic E-state index is 0.0723. The molecule has 0 aromatic heterocycles. The van der Waals surface area contributed by atoms with Crippen LogP contribution in [-0.2, 0) is 16.2 Å². The molecule has 140 valence electrons. The Labute approximate surface area is 146 Å². The number of nitrogens with zero attached hydrogens (tertiary/aromatic N) is 2. The van der Waals surface area contributed by atoms with Crippen LogP contribution in [0.5, 0.6) is 0 Å². The van der Waals surface area contributed by atoms with E-state index in [1.807, 2.05) is 0 Å². The first-order chi connectivity index (χ1) is 11.8. The fraction of sp³-hybridized carbons (Fsp3) is 0.647. The van der Waals surface area contributed by atoms with Crippen LogP contribution < -0.4 is 0 Å². The number of piperidine rings is 2. The van der Waals surface area contributed by atoms with E-state index in [0.29, 0.717) is 19.1 Å². The van der Waals surface area contributed by atoms with Gasteiger partial charge in [0.25, 0.3) is 0 Å². The number of rotatable bonds is 3. The normalized spacial score (nSPS) is 22.2. The average molecular weight is 376 g/mol. The highest BCUT2D eigenvalue weighted by Gasteiger charge is 2.34. The molecule has 0 N–H and O–H groups in total. The molecule has 0 bridgehead atoms. The zero-order valence-corrected chi connectivity index (χ0v) is 14.8. The van der Waals surface area contributed by atoms with Gasteiger partial charge in [0.15, 0.2) is 0 Å². The highest BCUT2D eigenvalue weighted by Crippen LogP contribution is 2.31. The van der Waals surface area contributed by atoms with Crippen LogP contribution in [0.3, 0.4) is 0 Å². The van der Waals surface area contributed by atoms with E-state index in [1.54, 1.807) is 0 Å². The van der Waals surface area contributed by atoms with E-state index in [-0.39, 0.29) is 4.90 Å². The van der Waals surface area contributed by atoms with Gasteiger partial charge in [-0.05, 0) is 63.0 Å². The lowest BCUT2D eigenvalue weighted by atomic mass is 10.0. The Balaban J connectivity index is 1.65. The molecule has 8 heteroatoms. The number of halogens is 3. The first kappa shape index (κ1) is 18.7. The molecule has 2 saturated heterocycles. The molecule has 2 aliphatic heterocycles. The van der Waals surface area contributed by atoms with Crippen molar-refractivity contribution in [3.8, 4) is 0 Å². The quantitative estimate of drug-likeness (QED) is 0.812. The lowest BCUT2D eigenvalue weighted by Gasteiger charge is -2.39. The summed E-state index contributed by atoms with van der Waals surface area (Å²) in [7, 11) is -3.73. The molecule has 2 heterocycles. The van der Waals surface area contributed by atoms with Crippen molar-refractivity contribution in [3.05, 3.63) is 29.8 Å². The van der Waals surface area contributed by atoms with Gasteiger partial charge in [-0.25, -0.2) is 8.42 Å². The summed E-state index contributed by atoms with van der Waals surface area (Å²) in [6.07, 6.45) is 0.751. The third-order valence-electron chi connectivity index (χ3n) is 5.15. The fourth-order valence-corrected chi connectivity index (χ4v) is 5.17. The smallest absolute Gasteiger partial charge is 0.300 e. The maximum Gasteiger partial charge on any atom is 0.416 e. The van der Waals surface area contributed by atoms with Crippen molar-refractivity contribution < 1.29 is 21.6 Å². The van der Waals surface area contributed by atoms with Gasteiger partial charge in [-0.2, -0.15) is 17.5 Å². The van der Waals surface area contributed by atoms with Crippen molar-refractivity contribution in [1.29, 1.82) is 0 Å². The van der Waals surface area contributed by atoms with E-state index in [2.05, 4.69) is 4.90 Å². The second-order valence-electron chi connectivity index (χ2n) is 6.75. The average Bonchev–Trinajstić information content (AvgIpc) is 2.62. The van der Waals surface area contributed by atoms with E-state index in [9.17, 15) is 21.6 Å². The third-order valence-corrected chi connectivity index (χ3v) is 7.06. The number of alkyl halides is 3. The number of sulfonamides is 1. The molecule has 2 aliphatic rings. The van der Waals surface area contributed by atoms with Crippen LogP contribution in [0.2, 0.25) is 0 Å². The predicted molar refractivity (Wildman–Crippen MR) is 88.6 cm³/mol. The van der Waals surface area contributed by atoms with Crippen LogP contribution in [0.1, 0.15) is 37.7 Å². The molecule has 0 atom stereocenters. The van der Waals surface area contributed by atoms with E-state index < -0.39 is 21.8 Å². The molecule has 0 saturated carbocycles. The summed E-state index contributed by atoms with van der Waals surface area (Å²) >= 11 is 0. The molecule has 25 heavy (non-hydrogen) atoms. The molecule has 0 unspecified atom stereocenters. The Morgan fingerprint density at radius 2 is 1.44 bits per heavy atom. The lowest BCUT2D eigenvalue weighted by Crippen LogP contribution is -2.48. The maximum atomic E-state index is 12.7. The Morgan fingerprint density at radius 3 is 1.96 bits per heavy atom. The highest BCUT2D eigenvalue weighted by molar-refractivity contribution is 7.89. The fourth-order valence-electron chi connectivity index (χ4n) is 3.70. The monoisotopic (exact) mass is 376 g/mol. The summed E-state index contributed by atoms with van der Waals surface area (Å²) in [6.45, 7) is 3.00. The largest absolute Gasteiger partial charge is 0.416 e. The van der Waals surface area contributed by atoms with Gasteiger partial charge in [0.1, 0.15) is 0 Å². The van der Waals surface area contributed by atoms with Gasteiger partial charge in [0.05, 0.1) is 10.5 Å². The Morgan fingerprint density at radius 1 is 0.880 bits per heavy atom. The van der Waals surface area contributed by atoms with Crippen LogP contribution in [0.15, 0.2) is 29.2 Å². The summed E-state index contributed by atoms with van der Waals surface area (Å²) < 4.78 is 64.6. The molecule has 3 rings (SSSR count). The molecule has 0 amide bonds. The molecule has 0 aliphatic carbocycles. The van der Waals surface area contributed by atoms with Gasteiger partial charge < -0.3 is 4.90 Å². The second kappa shape index (κ2) is 7.25. The van der Waals surface area contributed by atoms with Crippen molar-refractivity contribution in [2.75, 3.05) is 26.2 Å². The first-order valence-corrected chi connectivity index (χ1v) is 10.1. The van der Waals surface area contributed by atoms with Gasteiger partial charge in [0, 0.05) is 19.1 Å². The molecular formula is C17H23F3N2O2S. The first-order valence-electron chi connectivity index (χ1n) is 8.70. The van der Waals surface area contributed by atoms with Gasteiger partial charge in [-0.3, -0.25) is 0 Å². The standard InChI is InChI=1S/C17H23F3N2O2S/c18-17(19,20)14-4-6-16(7-5-14)25(23,24)22-12-8-15(9-13-22)21-10-2-1-3-11-21/h4-7,15H,1-3,8-13H2. The zero-order valence-electron chi connectivity index (χ0n) is 14.0. The molecular weight excluding hydrogens is 353 g/mol. The van der Waals surface area contributed by atoms with Crippen LogP contribution in [0.25, 0.3) is 0 Å². The highest BCUT2D eigenvalue weighted by atomic mass is 32.2. The van der Waals surface area contributed by atoms with Gasteiger partial charge in [-0.15, -0.1) is 0 Å². The molecule has 2 fully saturated rings. The van der Waals surface area contributed by atoms with Crippen molar-refractivity contribution in [1.82, 2.24) is 9.21 Å². The van der Waals surface area contributed by atoms with E-state index in [4.69, 9.17) is 0 Å². The molecule has 4 nitrogen and oxygen atoms in total. The number of hydrogen-bond acceptors (Lipinski definition) is 3. The summed E-state index contributed by atoms with van der Waals surface area (Å²) in [5.41, 5.74) is -0.838. The summed E-state index contributed by atoms with van der Waals surface area (Å²) in [6, 6.07) is 4.17. The Hall–Kier alpha value is -1.12. The van der Waals surface area contributed by atoms with Gasteiger partial charge >= 0.3 is 6.18 Å². The second-order valence-corrected chi connectivity index (χ2v) is 8.69. The van der Waals surface area contributed by atoms with Crippen molar-refractivity contribution in [2.45, 2.75) is 49.2 Å². The van der Waals surface area contributed by atoms with Crippen molar-refractivity contribution in [3.63, 3.8) is 0 Å². The Bertz CT molecular complexity index is 675. The zero-order chi connectivity index (χ0) is 18.1. The van der Waals surface area contributed by atoms with Crippen LogP contribution in [0.4, 0.5) is 13.2 Å². The van der Waals surface area contributed by atoms with E-state index in [0.717, 1.165) is 50.2 Å². The van der Waals surface area contributed by atoms with Crippen LogP contribution >= 0.6 is 0 Å². The van der Waals surface area contributed by atoms with Crippen molar-refractivity contribution >= 4 is 10.0 Å². The third kappa shape index (κ3) is 4.17. The number of likely N-dealkylation sites (tertiary alicyclic amines) is 1. The number of benzene rings is 1. The molecule has 0 spiro atoms. The summed E-state index contributed by atoms with van der Waals surface area (Å²) in [5, 5.41) is 0. The van der Waals surface area contributed by atoms with Crippen LogP contribution in [-0.4, -0.2) is 49.8 Å². The van der Waals surface area contributed by atoms with E-state index in [1.165, 1.54) is 23.6 Å². The Kier molecular flexibility index (Phi) is 5.41. The molecule has 1 aromatic carbocycles. The van der Waals surface area contributed by atoms with Crippen LogP contribution in [0, 0.1) is 0 Å².